The average molecular weight is 214 g/mol. The van der Waals surface area contributed by atoms with Crippen LogP contribution in [0.2, 0.25) is 0 Å². The summed E-state index contributed by atoms with van der Waals surface area (Å²) < 4.78 is 5.68. The quantitative estimate of drug-likeness (QED) is 0.691. The Bertz CT molecular complexity index is 191. The second kappa shape index (κ2) is 6.83. The summed E-state index contributed by atoms with van der Waals surface area (Å²) in [6.45, 7) is 2.88. The van der Waals surface area contributed by atoms with Crippen molar-refractivity contribution in [2.75, 3.05) is 6.61 Å². The highest BCUT2D eigenvalue weighted by Crippen LogP contribution is 2.27. The monoisotopic (exact) mass is 214 g/mol. The zero-order chi connectivity index (χ0) is 11.1. The summed E-state index contributed by atoms with van der Waals surface area (Å²) in [6.07, 6.45) is 7.22. The predicted molar refractivity (Wildman–Crippen MR) is 58.9 cm³/mol. The molecule has 1 N–H and O–H groups in total. The predicted octanol–water partition coefficient (Wildman–Crippen LogP) is 2.84. The Kier molecular flexibility index (Phi) is 5.69. The van der Waals surface area contributed by atoms with Gasteiger partial charge in [-0.15, -0.1) is 0 Å². The van der Waals surface area contributed by atoms with E-state index in [1.54, 1.807) is 0 Å². The summed E-state index contributed by atoms with van der Waals surface area (Å²) in [5.41, 5.74) is 0. The standard InChI is InChI=1S/C12H22O3/c1-2-3-6-9-15-11-8-5-4-7-10(11)12(13)14/h10-11H,2-9H2,1H3,(H,13,14). The largest absolute Gasteiger partial charge is 0.481 e. The first kappa shape index (κ1) is 12.5. The van der Waals surface area contributed by atoms with E-state index in [4.69, 9.17) is 9.84 Å². The molecule has 15 heavy (non-hydrogen) atoms. The van der Waals surface area contributed by atoms with Crippen molar-refractivity contribution in [3.63, 3.8) is 0 Å². The van der Waals surface area contributed by atoms with Gasteiger partial charge in [0, 0.05) is 6.61 Å². The van der Waals surface area contributed by atoms with E-state index in [2.05, 4.69) is 6.92 Å². The van der Waals surface area contributed by atoms with E-state index in [-0.39, 0.29) is 12.0 Å². The topological polar surface area (TPSA) is 46.5 Å². The van der Waals surface area contributed by atoms with Gasteiger partial charge in [0.2, 0.25) is 0 Å². The summed E-state index contributed by atoms with van der Waals surface area (Å²) in [5.74, 6) is -0.949. The second-order valence-corrected chi connectivity index (χ2v) is 4.35. The van der Waals surface area contributed by atoms with Crippen LogP contribution in [0.1, 0.15) is 51.9 Å². The lowest BCUT2D eigenvalue weighted by Gasteiger charge is -2.28. The van der Waals surface area contributed by atoms with Crippen LogP contribution in [0.15, 0.2) is 0 Å². The molecular weight excluding hydrogens is 192 g/mol. The lowest BCUT2D eigenvalue weighted by atomic mass is 9.86. The van der Waals surface area contributed by atoms with E-state index in [1.165, 1.54) is 12.8 Å². The van der Waals surface area contributed by atoms with Crippen LogP contribution in [-0.2, 0) is 9.53 Å². The van der Waals surface area contributed by atoms with Crippen LogP contribution in [0.4, 0.5) is 0 Å². The average Bonchev–Trinajstić information content (AvgIpc) is 2.25. The Labute approximate surface area is 91.8 Å². The number of hydrogen-bond acceptors (Lipinski definition) is 2. The molecule has 0 aromatic heterocycles. The number of carbonyl (C=O) groups is 1. The molecule has 0 aliphatic heterocycles. The molecule has 3 nitrogen and oxygen atoms in total. The molecule has 0 amide bonds. The highest BCUT2D eigenvalue weighted by Gasteiger charge is 2.31. The highest BCUT2D eigenvalue weighted by atomic mass is 16.5. The Morgan fingerprint density at radius 3 is 2.73 bits per heavy atom. The molecule has 0 bridgehead atoms. The van der Waals surface area contributed by atoms with Crippen molar-refractivity contribution in [1.29, 1.82) is 0 Å². The van der Waals surface area contributed by atoms with Crippen LogP contribution in [0.25, 0.3) is 0 Å². The number of aliphatic carboxylic acids is 1. The Morgan fingerprint density at radius 2 is 2.07 bits per heavy atom. The number of unbranched alkanes of at least 4 members (excludes halogenated alkanes) is 2. The number of ether oxygens (including phenoxy) is 1. The molecule has 1 saturated carbocycles. The smallest absolute Gasteiger partial charge is 0.309 e. The van der Waals surface area contributed by atoms with Gasteiger partial charge in [-0.25, -0.2) is 0 Å². The highest BCUT2D eigenvalue weighted by molar-refractivity contribution is 5.70. The fourth-order valence-electron chi connectivity index (χ4n) is 2.17. The molecule has 3 heteroatoms. The molecule has 1 fully saturated rings. The third-order valence-electron chi connectivity index (χ3n) is 3.10. The lowest BCUT2D eigenvalue weighted by Crippen LogP contribution is -2.33. The van der Waals surface area contributed by atoms with E-state index in [0.717, 1.165) is 38.7 Å². The minimum absolute atomic E-state index is 0.0342. The van der Waals surface area contributed by atoms with Crippen LogP contribution < -0.4 is 0 Å². The van der Waals surface area contributed by atoms with Crippen LogP contribution in [-0.4, -0.2) is 23.8 Å². The van der Waals surface area contributed by atoms with Crippen LogP contribution in [0.3, 0.4) is 0 Å². The molecule has 0 radical (unpaired) electrons. The maximum absolute atomic E-state index is 11.0. The van der Waals surface area contributed by atoms with Gasteiger partial charge in [0.05, 0.1) is 12.0 Å². The molecule has 0 saturated heterocycles. The van der Waals surface area contributed by atoms with Gasteiger partial charge in [0.25, 0.3) is 0 Å². The van der Waals surface area contributed by atoms with E-state index in [1.807, 2.05) is 0 Å². The molecular formula is C12H22O3. The minimum atomic E-state index is -0.685. The number of carboxylic acid groups (broad SMARTS) is 1. The molecule has 88 valence electrons. The normalized spacial score (nSPS) is 26.5. The van der Waals surface area contributed by atoms with Gasteiger partial charge < -0.3 is 9.84 Å². The number of rotatable bonds is 6. The Morgan fingerprint density at radius 1 is 1.33 bits per heavy atom. The van der Waals surface area contributed by atoms with Crippen molar-refractivity contribution < 1.29 is 14.6 Å². The molecule has 1 aliphatic rings. The molecule has 0 aromatic rings. The van der Waals surface area contributed by atoms with Gasteiger partial charge in [-0.3, -0.25) is 4.79 Å². The molecule has 0 aromatic carbocycles. The fraction of sp³-hybridized carbons (Fsp3) is 0.917. The Hall–Kier alpha value is -0.570. The van der Waals surface area contributed by atoms with Crippen molar-refractivity contribution in [3.05, 3.63) is 0 Å². The first-order chi connectivity index (χ1) is 7.25. The molecule has 1 rings (SSSR count). The summed E-state index contributed by atoms with van der Waals surface area (Å²) in [6, 6.07) is 0. The second-order valence-electron chi connectivity index (χ2n) is 4.35. The van der Waals surface area contributed by atoms with E-state index < -0.39 is 5.97 Å². The van der Waals surface area contributed by atoms with E-state index >= 15 is 0 Å². The third kappa shape index (κ3) is 4.20. The van der Waals surface area contributed by atoms with Crippen molar-refractivity contribution in [2.24, 2.45) is 5.92 Å². The first-order valence-corrected chi connectivity index (χ1v) is 6.10. The van der Waals surface area contributed by atoms with Crippen LogP contribution in [0, 0.1) is 5.92 Å². The summed E-state index contributed by atoms with van der Waals surface area (Å²) >= 11 is 0. The van der Waals surface area contributed by atoms with Crippen molar-refractivity contribution in [3.8, 4) is 0 Å². The van der Waals surface area contributed by atoms with Gasteiger partial charge in [-0.05, 0) is 19.3 Å². The van der Waals surface area contributed by atoms with Gasteiger partial charge in [-0.2, -0.15) is 0 Å². The zero-order valence-corrected chi connectivity index (χ0v) is 9.58. The third-order valence-corrected chi connectivity index (χ3v) is 3.10. The Balaban J connectivity index is 2.26. The van der Waals surface area contributed by atoms with E-state index in [9.17, 15) is 4.79 Å². The van der Waals surface area contributed by atoms with Crippen molar-refractivity contribution >= 4 is 5.97 Å². The van der Waals surface area contributed by atoms with Crippen LogP contribution in [0.5, 0.6) is 0 Å². The molecule has 0 heterocycles. The molecule has 0 spiro atoms. The maximum Gasteiger partial charge on any atom is 0.309 e. The van der Waals surface area contributed by atoms with Gasteiger partial charge in [0.15, 0.2) is 0 Å². The summed E-state index contributed by atoms with van der Waals surface area (Å²) in [5, 5.41) is 9.03. The molecule has 2 unspecified atom stereocenters. The van der Waals surface area contributed by atoms with Crippen molar-refractivity contribution in [1.82, 2.24) is 0 Å². The SMILES string of the molecule is CCCCCOC1CCCCC1C(=O)O. The number of hydrogen-bond donors (Lipinski definition) is 1. The van der Waals surface area contributed by atoms with E-state index in [0.29, 0.717) is 0 Å². The molecule has 2 atom stereocenters. The maximum atomic E-state index is 11.0. The summed E-state index contributed by atoms with van der Waals surface area (Å²) in [4.78, 5) is 11.0. The summed E-state index contributed by atoms with van der Waals surface area (Å²) in [7, 11) is 0. The van der Waals surface area contributed by atoms with Gasteiger partial charge >= 0.3 is 5.97 Å². The van der Waals surface area contributed by atoms with Crippen molar-refractivity contribution in [2.45, 2.75) is 58.0 Å². The van der Waals surface area contributed by atoms with Crippen LogP contribution >= 0.6 is 0 Å². The minimum Gasteiger partial charge on any atom is -0.481 e. The first-order valence-electron chi connectivity index (χ1n) is 6.10. The number of carboxylic acids is 1. The lowest BCUT2D eigenvalue weighted by molar-refractivity contribution is -0.149. The zero-order valence-electron chi connectivity index (χ0n) is 9.58. The van der Waals surface area contributed by atoms with Gasteiger partial charge in [0.1, 0.15) is 0 Å². The molecule has 1 aliphatic carbocycles. The van der Waals surface area contributed by atoms with Gasteiger partial charge in [-0.1, -0.05) is 32.6 Å². The fourth-order valence-corrected chi connectivity index (χ4v) is 2.17.